The second kappa shape index (κ2) is 7.43. The lowest BCUT2D eigenvalue weighted by atomic mass is 10.1. The number of rotatable bonds is 8. The Bertz CT molecular complexity index is 512. The van der Waals surface area contributed by atoms with Crippen molar-refractivity contribution in [2.45, 2.75) is 37.1 Å². The molecular formula is C14H22N2O2S. The first kappa shape index (κ1) is 15.9. The first-order valence-electron chi connectivity index (χ1n) is 6.48. The predicted octanol–water partition coefficient (Wildman–Crippen LogP) is 2.34. The fraction of sp³-hybridized carbons (Fsp3) is 0.429. The van der Waals surface area contributed by atoms with Gasteiger partial charge in [0, 0.05) is 0 Å². The first-order chi connectivity index (χ1) is 9.00. The van der Waals surface area contributed by atoms with Gasteiger partial charge in [-0.25, -0.2) is 13.6 Å². The Kier molecular flexibility index (Phi) is 6.21. The average molecular weight is 282 g/mol. The Balaban J connectivity index is 2.90. The van der Waals surface area contributed by atoms with E-state index in [1.165, 1.54) is 6.07 Å². The molecule has 4 nitrogen and oxygen atoms in total. The molecule has 0 aliphatic carbocycles. The van der Waals surface area contributed by atoms with Crippen LogP contribution in [0.15, 0.2) is 41.8 Å². The first-order valence-corrected chi connectivity index (χ1v) is 8.03. The highest BCUT2D eigenvalue weighted by Gasteiger charge is 2.18. The van der Waals surface area contributed by atoms with E-state index in [1.807, 2.05) is 0 Å². The van der Waals surface area contributed by atoms with Gasteiger partial charge in [-0.05, 0) is 24.6 Å². The molecule has 0 fully saturated rings. The van der Waals surface area contributed by atoms with E-state index in [0.29, 0.717) is 5.56 Å². The van der Waals surface area contributed by atoms with Crippen LogP contribution in [0.1, 0.15) is 37.8 Å². The minimum atomic E-state index is -3.71. The Morgan fingerprint density at radius 3 is 2.63 bits per heavy atom. The molecule has 0 aliphatic rings. The van der Waals surface area contributed by atoms with Crippen molar-refractivity contribution in [1.82, 2.24) is 5.32 Å². The largest absolute Gasteiger partial charge is 0.307 e. The summed E-state index contributed by atoms with van der Waals surface area (Å²) in [7, 11) is -3.71. The highest BCUT2D eigenvalue weighted by molar-refractivity contribution is 7.89. The summed E-state index contributed by atoms with van der Waals surface area (Å²) in [6.45, 7) is 6.72. The molecule has 0 aliphatic heterocycles. The van der Waals surface area contributed by atoms with Crippen LogP contribution < -0.4 is 10.5 Å². The molecule has 3 N–H and O–H groups in total. The molecule has 0 bridgehead atoms. The van der Waals surface area contributed by atoms with Crippen LogP contribution in [-0.4, -0.2) is 15.0 Å². The van der Waals surface area contributed by atoms with Gasteiger partial charge >= 0.3 is 0 Å². The SMILES string of the molecule is C=CC(NCCCCC)c1ccccc1S(N)(=O)=O. The van der Waals surface area contributed by atoms with Crippen molar-refractivity contribution < 1.29 is 8.42 Å². The minimum Gasteiger partial charge on any atom is -0.307 e. The van der Waals surface area contributed by atoms with Crippen LogP contribution in [0, 0.1) is 0 Å². The summed E-state index contributed by atoms with van der Waals surface area (Å²) in [5, 5.41) is 8.53. The van der Waals surface area contributed by atoms with Gasteiger partial charge in [0.05, 0.1) is 10.9 Å². The maximum Gasteiger partial charge on any atom is 0.238 e. The van der Waals surface area contributed by atoms with E-state index in [0.717, 1.165) is 25.8 Å². The average Bonchev–Trinajstić information content (AvgIpc) is 2.38. The van der Waals surface area contributed by atoms with Crippen molar-refractivity contribution in [2.75, 3.05) is 6.54 Å². The van der Waals surface area contributed by atoms with Gasteiger partial charge < -0.3 is 5.32 Å². The third kappa shape index (κ3) is 4.78. The number of benzene rings is 1. The van der Waals surface area contributed by atoms with Crippen LogP contribution in [0.2, 0.25) is 0 Å². The number of nitrogens with one attached hydrogen (secondary N) is 1. The Hall–Kier alpha value is -1.17. The maximum atomic E-state index is 11.6. The normalized spacial score (nSPS) is 13.2. The second-order valence-corrected chi connectivity index (χ2v) is 5.99. The van der Waals surface area contributed by atoms with Gasteiger partial charge in [0.15, 0.2) is 0 Å². The van der Waals surface area contributed by atoms with Crippen LogP contribution in [0.3, 0.4) is 0 Å². The van der Waals surface area contributed by atoms with E-state index in [4.69, 9.17) is 5.14 Å². The van der Waals surface area contributed by atoms with E-state index in [9.17, 15) is 8.42 Å². The Morgan fingerprint density at radius 2 is 2.05 bits per heavy atom. The molecular weight excluding hydrogens is 260 g/mol. The lowest BCUT2D eigenvalue weighted by Gasteiger charge is -2.17. The lowest BCUT2D eigenvalue weighted by molar-refractivity contribution is 0.565. The summed E-state index contributed by atoms with van der Waals surface area (Å²) in [4.78, 5) is 0.155. The smallest absolute Gasteiger partial charge is 0.238 e. The Labute approximate surface area is 115 Å². The van der Waals surface area contributed by atoms with E-state index < -0.39 is 10.0 Å². The third-order valence-corrected chi connectivity index (χ3v) is 3.93. The molecule has 0 heterocycles. The fourth-order valence-corrected chi connectivity index (χ4v) is 2.74. The molecule has 0 aromatic heterocycles. The van der Waals surface area contributed by atoms with Crippen LogP contribution in [0.25, 0.3) is 0 Å². The second-order valence-electron chi connectivity index (χ2n) is 4.46. The summed E-state index contributed by atoms with van der Waals surface area (Å²) < 4.78 is 23.1. The van der Waals surface area contributed by atoms with Crippen molar-refractivity contribution in [3.05, 3.63) is 42.5 Å². The van der Waals surface area contributed by atoms with Crippen LogP contribution in [0.4, 0.5) is 0 Å². The molecule has 106 valence electrons. The van der Waals surface area contributed by atoms with Crippen LogP contribution >= 0.6 is 0 Å². The zero-order chi connectivity index (χ0) is 14.3. The number of hydrogen-bond acceptors (Lipinski definition) is 3. The highest BCUT2D eigenvalue weighted by Crippen LogP contribution is 2.22. The van der Waals surface area contributed by atoms with Gasteiger partial charge in [0.2, 0.25) is 10.0 Å². The summed E-state index contributed by atoms with van der Waals surface area (Å²) in [6.07, 6.45) is 5.05. The monoisotopic (exact) mass is 282 g/mol. The quantitative estimate of drug-likeness (QED) is 0.568. The number of primary sulfonamides is 1. The summed E-state index contributed by atoms with van der Waals surface area (Å²) >= 11 is 0. The molecule has 5 heteroatoms. The van der Waals surface area contributed by atoms with Crippen LogP contribution in [-0.2, 0) is 10.0 Å². The zero-order valence-corrected chi connectivity index (χ0v) is 12.1. The van der Waals surface area contributed by atoms with E-state index in [2.05, 4.69) is 18.8 Å². The molecule has 1 aromatic rings. The van der Waals surface area contributed by atoms with Gasteiger partial charge in [0.1, 0.15) is 0 Å². The Morgan fingerprint density at radius 1 is 1.37 bits per heavy atom. The number of unbranched alkanes of at least 4 members (excludes halogenated alkanes) is 2. The lowest BCUT2D eigenvalue weighted by Crippen LogP contribution is -2.24. The highest BCUT2D eigenvalue weighted by atomic mass is 32.2. The molecule has 0 saturated carbocycles. The van der Waals surface area contributed by atoms with Crippen molar-refractivity contribution in [3.8, 4) is 0 Å². The van der Waals surface area contributed by atoms with Crippen molar-refractivity contribution in [3.63, 3.8) is 0 Å². The predicted molar refractivity (Wildman–Crippen MR) is 78.3 cm³/mol. The molecule has 1 unspecified atom stereocenters. The van der Waals surface area contributed by atoms with E-state index in [1.54, 1.807) is 24.3 Å². The molecule has 19 heavy (non-hydrogen) atoms. The fourth-order valence-electron chi connectivity index (χ4n) is 1.95. The molecule has 0 spiro atoms. The summed E-state index contributed by atoms with van der Waals surface area (Å²) in [5.41, 5.74) is 0.650. The number of hydrogen-bond donors (Lipinski definition) is 2. The van der Waals surface area contributed by atoms with Gasteiger partial charge in [-0.15, -0.1) is 6.58 Å². The summed E-state index contributed by atoms with van der Waals surface area (Å²) in [6, 6.07) is 6.55. The maximum absolute atomic E-state index is 11.6. The molecule has 0 amide bonds. The van der Waals surface area contributed by atoms with Gasteiger partial charge in [-0.2, -0.15) is 0 Å². The van der Waals surface area contributed by atoms with Gasteiger partial charge in [-0.3, -0.25) is 0 Å². The molecule has 1 rings (SSSR count). The topological polar surface area (TPSA) is 72.2 Å². The minimum absolute atomic E-state index is 0.155. The molecule has 0 saturated heterocycles. The van der Waals surface area contributed by atoms with E-state index in [-0.39, 0.29) is 10.9 Å². The zero-order valence-electron chi connectivity index (χ0n) is 11.3. The van der Waals surface area contributed by atoms with E-state index >= 15 is 0 Å². The van der Waals surface area contributed by atoms with Crippen molar-refractivity contribution in [2.24, 2.45) is 5.14 Å². The van der Waals surface area contributed by atoms with Gasteiger partial charge in [-0.1, -0.05) is 44.0 Å². The van der Waals surface area contributed by atoms with Crippen LogP contribution in [0.5, 0.6) is 0 Å². The third-order valence-electron chi connectivity index (χ3n) is 2.94. The molecule has 0 radical (unpaired) electrons. The van der Waals surface area contributed by atoms with Crippen molar-refractivity contribution >= 4 is 10.0 Å². The standard InChI is InChI=1S/C14H22N2O2S/c1-3-5-8-11-16-13(4-2)12-9-6-7-10-14(12)19(15,17)18/h4,6-7,9-10,13,16H,2-3,5,8,11H2,1H3,(H2,15,17,18). The molecule has 1 atom stereocenters. The van der Waals surface area contributed by atoms with Crippen molar-refractivity contribution in [1.29, 1.82) is 0 Å². The van der Waals surface area contributed by atoms with Gasteiger partial charge in [0.25, 0.3) is 0 Å². The number of nitrogens with two attached hydrogens (primary N) is 1. The molecule has 1 aromatic carbocycles. The summed E-state index contributed by atoms with van der Waals surface area (Å²) in [5.74, 6) is 0. The number of sulfonamides is 1.